The number of carbonyl (C=O) groups excluding carboxylic acids is 1. The molecule has 0 saturated heterocycles. The maximum absolute atomic E-state index is 11.9. The summed E-state index contributed by atoms with van der Waals surface area (Å²) < 4.78 is 10.4. The Morgan fingerprint density at radius 2 is 1.71 bits per heavy atom. The van der Waals surface area contributed by atoms with E-state index in [0.717, 1.165) is 16.7 Å². The van der Waals surface area contributed by atoms with Gasteiger partial charge in [-0.2, -0.15) is 0 Å². The Hall–Kier alpha value is -3.02. The molecule has 0 bridgehead atoms. The summed E-state index contributed by atoms with van der Waals surface area (Å²) in [6.45, 7) is 3.34. The number of carboxylic acids is 1. The Balaban J connectivity index is 1.97. The van der Waals surface area contributed by atoms with Gasteiger partial charge in [0.05, 0.1) is 0 Å². The second-order valence-electron chi connectivity index (χ2n) is 5.31. The lowest BCUT2D eigenvalue weighted by Crippen LogP contribution is -2.14. The van der Waals surface area contributed by atoms with Gasteiger partial charge in [0, 0.05) is 5.69 Å². The molecular weight excluding hydrogens is 310 g/mol. The number of aryl methyl sites for hydroxylation is 2. The van der Waals surface area contributed by atoms with Gasteiger partial charge in [-0.05, 0) is 42.7 Å². The second kappa shape index (κ2) is 8.01. The van der Waals surface area contributed by atoms with Crippen molar-refractivity contribution >= 4 is 17.7 Å². The Labute approximate surface area is 140 Å². The summed E-state index contributed by atoms with van der Waals surface area (Å²) in [6.07, 6.45) is -0.558. The Morgan fingerprint density at radius 3 is 2.29 bits per heavy atom. The van der Waals surface area contributed by atoms with Crippen LogP contribution >= 0.6 is 0 Å². The highest BCUT2D eigenvalue weighted by Gasteiger charge is 2.11. The predicted molar refractivity (Wildman–Crippen MR) is 89.3 cm³/mol. The largest absolute Gasteiger partial charge is 0.481 e. The van der Waals surface area contributed by atoms with E-state index >= 15 is 0 Å². The lowest BCUT2D eigenvalue weighted by atomic mass is 10.1. The third-order valence-electron chi connectivity index (χ3n) is 3.26. The molecule has 2 aromatic rings. The number of nitrogens with one attached hydrogen (secondary N) is 1. The number of hydrogen-bond donors (Lipinski definition) is 2. The second-order valence-corrected chi connectivity index (χ2v) is 5.31. The Morgan fingerprint density at radius 1 is 1.08 bits per heavy atom. The summed E-state index contributed by atoms with van der Waals surface area (Å²) in [5.41, 5.74) is 2.92. The van der Waals surface area contributed by atoms with E-state index in [-0.39, 0.29) is 6.61 Å². The molecule has 0 aliphatic carbocycles. The third-order valence-corrected chi connectivity index (χ3v) is 3.26. The van der Waals surface area contributed by atoms with Gasteiger partial charge in [0.15, 0.2) is 6.61 Å². The number of anilines is 1. The number of amides is 1. The summed E-state index contributed by atoms with van der Waals surface area (Å²) in [4.78, 5) is 22.5. The molecule has 0 radical (unpaired) electrons. The highest BCUT2D eigenvalue weighted by atomic mass is 16.5. The van der Waals surface area contributed by atoms with E-state index in [9.17, 15) is 9.59 Å². The molecule has 0 aliphatic rings. The summed E-state index contributed by atoms with van der Waals surface area (Å²) >= 11 is 0. The van der Waals surface area contributed by atoms with Crippen molar-refractivity contribution in [3.05, 3.63) is 59.2 Å². The van der Waals surface area contributed by atoms with Crippen LogP contribution in [-0.2, 0) is 16.1 Å². The molecule has 0 unspecified atom stereocenters. The average Bonchev–Trinajstić information content (AvgIpc) is 2.53. The van der Waals surface area contributed by atoms with Gasteiger partial charge in [-0.3, -0.25) is 5.32 Å². The van der Waals surface area contributed by atoms with Crippen LogP contribution in [0.5, 0.6) is 5.75 Å². The number of ether oxygens (including phenoxy) is 2. The first kappa shape index (κ1) is 17.3. The van der Waals surface area contributed by atoms with Gasteiger partial charge in [0.1, 0.15) is 12.4 Å². The molecule has 0 heterocycles. The molecule has 2 rings (SSSR count). The van der Waals surface area contributed by atoms with E-state index in [2.05, 4.69) is 5.32 Å². The zero-order valence-electron chi connectivity index (χ0n) is 13.5. The van der Waals surface area contributed by atoms with Crippen molar-refractivity contribution in [2.24, 2.45) is 0 Å². The number of rotatable bonds is 6. The van der Waals surface area contributed by atoms with Crippen molar-refractivity contribution in [1.82, 2.24) is 0 Å². The monoisotopic (exact) mass is 329 g/mol. The molecule has 24 heavy (non-hydrogen) atoms. The van der Waals surface area contributed by atoms with Crippen LogP contribution in [0.4, 0.5) is 10.5 Å². The van der Waals surface area contributed by atoms with Crippen LogP contribution in [0.25, 0.3) is 0 Å². The van der Waals surface area contributed by atoms with Crippen LogP contribution in [-0.4, -0.2) is 23.8 Å². The fraction of sp³-hybridized carbons (Fsp3) is 0.222. The lowest BCUT2D eigenvalue weighted by Gasteiger charge is -2.13. The summed E-state index contributed by atoms with van der Waals surface area (Å²) in [7, 11) is 0. The minimum atomic E-state index is -1.04. The molecule has 0 fully saturated rings. The van der Waals surface area contributed by atoms with Gasteiger partial charge in [-0.1, -0.05) is 30.3 Å². The topological polar surface area (TPSA) is 84.9 Å². The summed E-state index contributed by atoms with van der Waals surface area (Å²) in [5.74, 6) is -0.541. The standard InChI is InChI=1S/C18H19NO5/c1-12-8-15(9-13(2)17(12)23-11-16(20)21)19-18(22)24-10-14-6-4-3-5-7-14/h3-9H,10-11H2,1-2H3,(H,19,22)(H,20,21). The zero-order chi connectivity index (χ0) is 17.5. The predicted octanol–water partition coefficient (Wildman–Crippen LogP) is 3.52. The summed E-state index contributed by atoms with van der Waals surface area (Å²) in [5, 5.41) is 11.3. The molecule has 0 aliphatic heterocycles. The molecular formula is C18H19NO5. The summed E-state index contributed by atoms with van der Waals surface area (Å²) in [6, 6.07) is 12.8. The number of aliphatic carboxylic acids is 1. The van der Waals surface area contributed by atoms with Gasteiger partial charge < -0.3 is 14.6 Å². The van der Waals surface area contributed by atoms with E-state index in [1.54, 1.807) is 26.0 Å². The fourth-order valence-electron chi connectivity index (χ4n) is 2.26. The third kappa shape index (κ3) is 5.01. The Bertz CT molecular complexity index is 704. The quantitative estimate of drug-likeness (QED) is 0.847. The molecule has 0 spiro atoms. The first-order valence-electron chi connectivity index (χ1n) is 7.39. The number of carbonyl (C=O) groups is 2. The highest BCUT2D eigenvalue weighted by molar-refractivity contribution is 5.85. The lowest BCUT2D eigenvalue weighted by molar-refractivity contribution is -0.139. The van der Waals surface area contributed by atoms with Crippen molar-refractivity contribution in [2.75, 3.05) is 11.9 Å². The first-order chi connectivity index (χ1) is 11.5. The maximum Gasteiger partial charge on any atom is 0.411 e. The van der Waals surface area contributed by atoms with Crippen molar-refractivity contribution in [3.63, 3.8) is 0 Å². The van der Waals surface area contributed by atoms with Gasteiger partial charge in [0.2, 0.25) is 0 Å². The number of hydrogen-bond acceptors (Lipinski definition) is 4. The van der Waals surface area contributed by atoms with Crippen molar-refractivity contribution in [2.45, 2.75) is 20.5 Å². The molecule has 6 nitrogen and oxygen atoms in total. The molecule has 0 atom stereocenters. The van der Waals surface area contributed by atoms with E-state index in [1.807, 2.05) is 30.3 Å². The van der Waals surface area contributed by atoms with E-state index in [0.29, 0.717) is 11.4 Å². The van der Waals surface area contributed by atoms with Crippen LogP contribution in [0, 0.1) is 13.8 Å². The van der Waals surface area contributed by atoms with Crippen LogP contribution in [0.3, 0.4) is 0 Å². The molecule has 1 amide bonds. The molecule has 2 N–H and O–H groups in total. The van der Waals surface area contributed by atoms with Gasteiger partial charge >= 0.3 is 12.1 Å². The van der Waals surface area contributed by atoms with Crippen LogP contribution in [0.15, 0.2) is 42.5 Å². The molecule has 0 saturated carbocycles. The van der Waals surface area contributed by atoms with Crippen molar-refractivity contribution in [1.29, 1.82) is 0 Å². The van der Waals surface area contributed by atoms with E-state index in [4.69, 9.17) is 14.6 Å². The normalized spacial score (nSPS) is 10.1. The number of benzene rings is 2. The van der Waals surface area contributed by atoms with Crippen LogP contribution < -0.4 is 10.1 Å². The smallest absolute Gasteiger partial charge is 0.411 e. The molecule has 6 heteroatoms. The van der Waals surface area contributed by atoms with E-state index in [1.165, 1.54) is 0 Å². The maximum atomic E-state index is 11.9. The van der Waals surface area contributed by atoms with Gasteiger partial charge in [0.25, 0.3) is 0 Å². The average molecular weight is 329 g/mol. The fourth-order valence-corrected chi connectivity index (χ4v) is 2.26. The molecule has 0 aromatic heterocycles. The SMILES string of the molecule is Cc1cc(NC(=O)OCc2ccccc2)cc(C)c1OCC(=O)O. The number of carboxylic acid groups (broad SMARTS) is 1. The molecule has 126 valence electrons. The van der Waals surface area contributed by atoms with Crippen LogP contribution in [0.2, 0.25) is 0 Å². The van der Waals surface area contributed by atoms with Crippen molar-refractivity contribution < 1.29 is 24.2 Å². The van der Waals surface area contributed by atoms with Crippen molar-refractivity contribution in [3.8, 4) is 5.75 Å². The minimum Gasteiger partial charge on any atom is -0.481 e. The van der Waals surface area contributed by atoms with Crippen LogP contribution in [0.1, 0.15) is 16.7 Å². The van der Waals surface area contributed by atoms with E-state index < -0.39 is 18.7 Å². The van der Waals surface area contributed by atoms with Gasteiger partial charge in [-0.25, -0.2) is 9.59 Å². The highest BCUT2D eigenvalue weighted by Crippen LogP contribution is 2.27. The molecule has 2 aromatic carbocycles. The first-order valence-corrected chi connectivity index (χ1v) is 7.39. The Kier molecular flexibility index (Phi) is 5.78. The zero-order valence-corrected chi connectivity index (χ0v) is 13.5. The van der Waals surface area contributed by atoms with Gasteiger partial charge in [-0.15, -0.1) is 0 Å². The minimum absolute atomic E-state index is 0.185.